The molecular weight excluding hydrogens is 310 g/mol. The first-order valence-electron chi connectivity index (χ1n) is 7.06. The molecule has 2 rings (SSSR count). The molecule has 0 spiro atoms. The molecular formula is C15H20ClNO3S. The van der Waals surface area contributed by atoms with E-state index in [0.717, 1.165) is 12.0 Å². The van der Waals surface area contributed by atoms with Crippen molar-refractivity contribution in [3.05, 3.63) is 34.9 Å². The summed E-state index contributed by atoms with van der Waals surface area (Å²) in [7, 11) is 0. The zero-order valence-electron chi connectivity index (χ0n) is 12.2. The Morgan fingerprint density at radius 1 is 1.43 bits per heavy atom. The fraction of sp³-hybridized carbons (Fsp3) is 0.533. The summed E-state index contributed by atoms with van der Waals surface area (Å²) < 4.78 is 14.6. The maximum absolute atomic E-state index is 12.7. The number of carboxylic acids is 1. The van der Waals surface area contributed by atoms with Crippen molar-refractivity contribution in [3.63, 3.8) is 0 Å². The second-order valence-corrected chi connectivity index (χ2v) is 7.67. The molecule has 1 heterocycles. The lowest BCUT2D eigenvalue weighted by atomic mass is 9.99. The Bertz CT molecular complexity index is 494. The summed E-state index contributed by atoms with van der Waals surface area (Å²) >= 11 is 4.64. The summed E-state index contributed by atoms with van der Waals surface area (Å²) in [5.74, 6) is -0.887. The van der Waals surface area contributed by atoms with Crippen molar-refractivity contribution in [1.82, 2.24) is 4.31 Å². The molecule has 0 amide bonds. The molecule has 116 valence electrons. The first kappa shape index (κ1) is 16.6. The van der Waals surface area contributed by atoms with E-state index in [2.05, 4.69) is 0 Å². The van der Waals surface area contributed by atoms with Gasteiger partial charge in [-0.3, -0.25) is 4.79 Å². The first-order valence-corrected chi connectivity index (χ1v) is 8.61. The monoisotopic (exact) mass is 329 g/mol. The van der Waals surface area contributed by atoms with Crippen LogP contribution in [0.1, 0.15) is 44.7 Å². The van der Waals surface area contributed by atoms with Gasteiger partial charge in [0, 0.05) is 16.4 Å². The zero-order chi connectivity index (χ0) is 15.6. The molecule has 21 heavy (non-hydrogen) atoms. The van der Waals surface area contributed by atoms with Gasteiger partial charge in [0.15, 0.2) is 0 Å². The highest BCUT2D eigenvalue weighted by atomic mass is 35.5. The van der Waals surface area contributed by atoms with Crippen molar-refractivity contribution in [2.75, 3.05) is 0 Å². The second-order valence-electron chi connectivity index (χ2n) is 5.59. The Morgan fingerprint density at radius 2 is 2.05 bits per heavy atom. The van der Waals surface area contributed by atoms with Crippen LogP contribution in [0.2, 0.25) is 5.02 Å². The third kappa shape index (κ3) is 3.92. The molecule has 1 aromatic rings. The van der Waals surface area contributed by atoms with E-state index in [1.807, 2.05) is 42.4 Å². The Balaban J connectivity index is 2.23. The van der Waals surface area contributed by atoms with Crippen LogP contribution in [0, 0.1) is 0 Å². The van der Waals surface area contributed by atoms with E-state index in [4.69, 9.17) is 16.7 Å². The Morgan fingerprint density at radius 3 is 2.57 bits per heavy atom. The molecule has 0 bridgehead atoms. The topological polar surface area (TPSA) is 63.6 Å². The molecule has 0 aromatic heterocycles. The summed E-state index contributed by atoms with van der Waals surface area (Å²) in [6.45, 7) is 3.98. The van der Waals surface area contributed by atoms with Crippen LogP contribution in [0.3, 0.4) is 0 Å². The van der Waals surface area contributed by atoms with Gasteiger partial charge in [-0.05, 0) is 44.4 Å². The van der Waals surface area contributed by atoms with Gasteiger partial charge in [-0.1, -0.05) is 23.7 Å². The summed E-state index contributed by atoms with van der Waals surface area (Å²) in [5.41, 5.74) is 1.08. The van der Waals surface area contributed by atoms with Gasteiger partial charge in [0.1, 0.15) is 5.25 Å². The molecule has 3 atom stereocenters. The predicted octanol–water partition coefficient (Wildman–Crippen LogP) is 3.39. The number of carbonyl (C=O) groups is 1. The van der Waals surface area contributed by atoms with Gasteiger partial charge in [0.2, 0.25) is 0 Å². The number of aliphatic carboxylic acids is 1. The van der Waals surface area contributed by atoms with Gasteiger partial charge in [-0.2, -0.15) is 0 Å². The van der Waals surface area contributed by atoms with Crippen molar-refractivity contribution in [3.8, 4) is 0 Å². The molecule has 1 aliphatic rings. The molecule has 1 aliphatic heterocycles. The van der Waals surface area contributed by atoms with Gasteiger partial charge < -0.3 is 9.66 Å². The Hall–Kier alpha value is -0.750. The van der Waals surface area contributed by atoms with Gasteiger partial charge in [-0.25, -0.2) is 0 Å². The number of carboxylic acid groups (broad SMARTS) is 1. The van der Waals surface area contributed by atoms with Crippen molar-refractivity contribution in [2.45, 2.75) is 50.4 Å². The maximum atomic E-state index is 12.7. The molecule has 0 radical (unpaired) electrons. The number of hydrogen-bond acceptors (Lipinski definition) is 3. The third-order valence-corrected chi connectivity index (χ3v) is 6.04. The molecule has 1 fully saturated rings. The lowest BCUT2D eigenvalue weighted by molar-refractivity contribution is -0.137. The van der Waals surface area contributed by atoms with Crippen molar-refractivity contribution in [2.24, 2.45) is 0 Å². The van der Waals surface area contributed by atoms with Crippen molar-refractivity contribution < 1.29 is 14.5 Å². The highest BCUT2D eigenvalue weighted by molar-refractivity contribution is 7.89. The van der Waals surface area contributed by atoms with Crippen LogP contribution in [0.25, 0.3) is 0 Å². The van der Waals surface area contributed by atoms with E-state index in [0.29, 0.717) is 11.4 Å². The number of benzene rings is 1. The maximum Gasteiger partial charge on any atom is 0.308 e. The Labute approximate surface area is 133 Å². The molecule has 0 saturated carbocycles. The lowest BCUT2D eigenvalue weighted by Crippen LogP contribution is -2.49. The van der Waals surface area contributed by atoms with Crippen LogP contribution in [0.5, 0.6) is 0 Å². The van der Waals surface area contributed by atoms with E-state index in [-0.39, 0.29) is 23.8 Å². The van der Waals surface area contributed by atoms with E-state index in [9.17, 15) is 9.35 Å². The van der Waals surface area contributed by atoms with Crippen LogP contribution in [0.4, 0.5) is 0 Å². The van der Waals surface area contributed by atoms with E-state index >= 15 is 0 Å². The summed E-state index contributed by atoms with van der Waals surface area (Å²) in [6.07, 6.45) is 1.43. The average molecular weight is 330 g/mol. The van der Waals surface area contributed by atoms with Crippen LogP contribution >= 0.6 is 11.6 Å². The lowest BCUT2D eigenvalue weighted by Gasteiger charge is -2.41. The van der Waals surface area contributed by atoms with Crippen molar-refractivity contribution in [1.29, 1.82) is 0 Å². The SMILES string of the molecule is CC(C)N1C(c2ccc(Cl)cc2)CC[C@H](CC(=O)O)[S+]1[O-]. The minimum atomic E-state index is -1.28. The zero-order valence-corrected chi connectivity index (χ0v) is 13.7. The summed E-state index contributed by atoms with van der Waals surface area (Å²) in [6, 6.07) is 7.72. The number of hydrogen-bond donors (Lipinski definition) is 1. The van der Waals surface area contributed by atoms with Crippen molar-refractivity contribution >= 4 is 28.9 Å². The van der Waals surface area contributed by atoms with Crippen LogP contribution in [-0.4, -0.2) is 31.2 Å². The largest absolute Gasteiger partial charge is 0.598 e. The fourth-order valence-electron chi connectivity index (χ4n) is 2.80. The highest BCUT2D eigenvalue weighted by Gasteiger charge is 2.43. The van der Waals surface area contributed by atoms with E-state index in [1.54, 1.807) is 0 Å². The molecule has 1 N–H and O–H groups in total. The third-order valence-electron chi connectivity index (χ3n) is 3.73. The predicted molar refractivity (Wildman–Crippen MR) is 84.6 cm³/mol. The van der Waals surface area contributed by atoms with Crippen LogP contribution in [-0.2, 0) is 16.2 Å². The number of rotatable bonds is 4. The van der Waals surface area contributed by atoms with Gasteiger partial charge >= 0.3 is 5.97 Å². The van der Waals surface area contributed by atoms with Gasteiger partial charge in [-0.15, -0.1) is 4.31 Å². The minimum absolute atomic E-state index is 0.0385. The second kappa shape index (κ2) is 7.01. The van der Waals surface area contributed by atoms with Crippen LogP contribution in [0.15, 0.2) is 24.3 Å². The molecule has 0 aliphatic carbocycles. The number of nitrogens with zero attached hydrogens (tertiary/aromatic N) is 1. The van der Waals surface area contributed by atoms with E-state index < -0.39 is 17.3 Å². The molecule has 6 heteroatoms. The molecule has 4 nitrogen and oxygen atoms in total. The van der Waals surface area contributed by atoms with Gasteiger partial charge in [0.05, 0.1) is 18.5 Å². The Kier molecular flexibility index (Phi) is 5.54. The highest BCUT2D eigenvalue weighted by Crippen LogP contribution is 2.39. The first-order chi connectivity index (χ1) is 9.90. The summed E-state index contributed by atoms with van der Waals surface area (Å²) in [4.78, 5) is 10.9. The average Bonchev–Trinajstić information content (AvgIpc) is 2.41. The standard InChI is InChI=1S/C15H20ClNO3S/c1-10(2)17-14(11-3-5-12(16)6-4-11)8-7-13(21(17)20)9-15(18)19/h3-6,10,13-14H,7-9H2,1-2H3,(H,18,19)/t13-,14?,21?/m1/s1. The summed E-state index contributed by atoms with van der Waals surface area (Å²) in [5, 5.41) is 9.33. The minimum Gasteiger partial charge on any atom is -0.598 e. The molecule has 2 unspecified atom stereocenters. The smallest absolute Gasteiger partial charge is 0.308 e. The normalized spacial score (nSPS) is 27.0. The number of halogens is 1. The fourth-order valence-corrected chi connectivity index (χ4v) is 4.79. The molecule has 1 aromatic carbocycles. The van der Waals surface area contributed by atoms with E-state index in [1.165, 1.54) is 0 Å². The van der Waals surface area contributed by atoms with Crippen LogP contribution < -0.4 is 0 Å². The quantitative estimate of drug-likeness (QED) is 0.860. The molecule has 1 saturated heterocycles. The van der Waals surface area contributed by atoms with Gasteiger partial charge in [0.25, 0.3) is 0 Å².